The second-order valence-corrected chi connectivity index (χ2v) is 10.5. The molecule has 2 aromatic heterocycles. The van der Waals surface area contributed by atoms with Crippen molar-refractivity contribution >= 4 is 43.1 Å². The molecule has 0 fully saturated rings. The highest BCUT2D eigenvalue weighted by molar-refractivity contribution is 7.25. The fraction of sp³-hybridized carbons (Fsp3) is 0. The minimum atomic E-state index is 0.176. The molecule has 3 nitrogen and oxygen atoms in total. The summed E-state index contributed by atoms with van der Waals surface area (Å²) in [6.45, 7) is 0. The molecule has 0 unspecified atom stereocenters. The van der Waals surface area contributed by atoms with E-state index in [1.54, 1.807) is 11.3 Å². The Bertz CT molecular complexity index is 1950. The smallest absolute Gasteiger partial charge is 0.208 e. The molecule has 7 aromatic rings. The summed E-state index contributed by atoms with van der Waals surface area (Å²) in [7, 11) is 0. The van der Waals surface area contributed by atoms with Crippen LogP contribution in [0.2, 0.25) is 5.28 Å². The highest BCUT2D eigenvalue weighted by atomic mass is 35.5. The van der Waals surface area contributed by atoms with E-state index < -0.39 is 0 Å². The molecule has 0 N–H and O–H groups in total. The summed E-state index contributed by atoms with van der Waals surface area (Å²) < 4.78 is 2.50. The Morgan fingerprint density at radius 1 is 0.447 bits per heavy atom. The topological polar surface area (TPSA) is 38.7 Å². The van der Waals surface area contributed by atoms with Crippen molar-refractivity contribution in [1.29, 1.82) is 0 Å². The van der Waals surface area contributed by atoms with Crippen LogP contribution in [0.3, 0.4) is 0 Å². The normalized spacial score (nSPS) is 11.3. The monoisotopic (exact) mass is 525 g/mol. The number of nitrogens with zero attached hydrogens (tertiary/aromatic N) is 3. The Morgan fingerprint density at radius 3 is 1.87 bits per heavy atom. The van der Waals surface area contributed by atoms with Crippen molar-refractivity contribution in [3.05, 3.63) is 127 Å². The van der Waals surface area contributed by atoms with E-state index in [9.17, 15) is 0 Å². The molecule has 0 aliphatic carbocycles. The molecule has 0 atom stereocenters. The number of halogens is 1. The molecule has 2 heterocycles. The number of benzene rings is 5. The van der Waals surface area contributed by atoms with E-state index in [0.29, 0.717) is 11.6 Å². The molecule has 0 radical (unpaired) electrons. The van der Waals surface area contributed by atoms with Gasteiger partial charge in [0, 0.05) is 31.3 Å². The Morgan fingerprint density at radius 2 is 1.05 bits per heavy atom. The van der Waals surface area contributed by atoms with Crippen LogP contribution in [-0.4, -0.2) is 15.0 Å². The van der Waals surface area contributed by atoms with Crippen LogP contribution >= 0.6 is 22.9 Å². The van der Waals surface area contributed by atoms with E-state index in [1.807, 2.05) is 18.2 Å². The van der Waals surface area contributed by atoms with Crippen LogP contribution in [0.15, 0.2) is 121 Å². The molecule has 0 spiro atoms. The first-order valence-electron chi connectivity index (χ1n) is 12.3. The minimum absolute atomic E-state index is 0.176. The molecule has 0 bridgehead atoms. The SMILES string of the molecule is Clc1nc(-c2cccc(-c3ccccc3-c3ccccc3)c2)nc(-c2ccc3sc4ccccc4c3c2)n1. The third kappa shape index (κ3) is 4.14. The van der Waals surface area contributed by atoms with Gasteiger partial charge in [-0.3, -0.25) is 0 Å². The summed E-state index contributed by atoms with van der Waals surface area (Å²) in [4.78, 5) is 13.8. The maximum Gasteiger partial charge on any atom is 0.226 e. The standard InChI is InChI=1S/C33H20ClN3S/c34-33-36-31(35-32(37-33)24-17-18-30-28(20-24)27-15-6-7-16-29(27)38-30)23-12-8-11-22(19-23)26-14-5-4-13-25(26)21-9-2-1-3-10-21/h1-20H. The van der Waals surface area contributed by atoms with Gasteiger partial charge in [0.1, 0.15) is 0 Å². The van der Waals surface area contributed by atoms with Gasteiger partial charge in [0.15, 0.2) is 11.6 Å². The van der Waals surface area contributed by atoms with Gasteiger partial charge < -0.3 is 0 Å². The molecule has 7 rings (SSSR count). The van der Waals surface area contributed by atoms with Gasteiger partial charge in [0.05, 0.1) is 0 Å². The number of hydrogen-bond acceptors (Lipinski definition) is 4. The summed E-state index contributed by atoms with van der Waals surface area (Å²) in [6.07, 6.45) is 0. The van der Waals surface area contributed by atoms with Crippen LogP contribution in [0.1, 0.15) is 0 Å². The van der Waals surface area contributed by atoms with Crippen molar-refractivity contribution in [2.24, 2.45) is 0 Å². The third-order valence-corrected chi connectivity index (χ3v) is 8.01. The summed E-state index contributed by atoms with van der Waals surface area (Å²) in [5.41, 5.74) is 6.39. The summed E-state index contributed by atoms with van der Waals surface area (Å²) >= 11 is 8.23. The van der Waals surface area contributed by atoms with Crippen LogP contribution in [0.4, 0.5) is 0 Å². The first-order valence-corrected chi connectivity index (χ1v) is 13.5. The van der Waals surface area contributed by atoms with Gasteiger partial charge in [-0.15, -0.1) is 11.3 Å². The second kappa shape index (κ2) is 9.49. The molecule has 0 aliphatic rings. The Kier molecular flexibility index (Phi) is 5.69. The maximum atomic E-state index is 6.44. The van der Waals surface area contributed by atoms with Crippen molar-refractivity contribution in [1.82, 2.24) is 15.0 Å². The lowest BCUT2D eigenvalue weighted by molar-refractivity contribution is 1.07. The quantitative estimate of drug-likeness (QED) is 0.229. The van der Waals surface area contributed by atoms with Gasteiger partial charge in [0.25, 0.3) is 0 Å². The summed E-state index contributed by atoms with van der Waals surface area (Å²) in [5, 5.41) is 2.61. The van der Waals surface area contributed by atoms with Gasteiger partial charge in [-0.2, -0.15) is 9.97 Å². The number of fused-ring (bicyclic) bond motifs is 3. The van der Waals surface area contributed by atoms with E-state index >= 15 is 0 Å². The fourth-order valence-corrected chi connectivity index (χ4v) is 6.15. The Labute approximate surface area is 229 Å². The van der Waals surface area contributed by atoms with Crippen molar-refractivity contribution in [2.45, 2.75) is 0 Å². The van der Waals surface area contributed by atoms with Gasteiger partial charge in [-0.05, 0) is 64.2 Å². The van der Waals surface area contributed by atoms with E-state index in [1.165, 1.54) is 31.3 Å². The molecule has 0 saturated carbocycles. The molecular formula is C33H20ClN3S. The second-order valence-electron chi connectivity index (χ2n) is 9.05. The predicted octanol–water partition coefficient (Wildman–Crippen LogP) is 9.56. The highest BCUT2D eigenvalue weighted by Gasteiger charge is 2.14. The zero-order valence-electron chi connectivity index (χ0n) is 20.2. The molecule has 5 heteroatoms. The lowest BCUT2D eigenvalue weighted by Crippen LogP contribution is -1.97. The predicted molar refractivity (Wildman–Crippen MR) is 159 cm³/mol. The van der Waals surface area contributed by atoms with Gasteiger partial charge in [0.2, 0.25) is 5.28 Å². The molecule has 5 aromatic carbocycles. The number of hydrogen-bond donors (Lipinski definition) is 0. The van der Waals surface area contributed by atoms with Crippen LogP contribution in [0, 0.1) is 0 Å². The van der Waals surface area contributed by atoms with Gasteiger partial charge in [-0.25, -0.2) is 4.98 Å². The lowest BCUT2D eigenvalue weighted by Gasteiger charge is -2.11. The van der Waals surface area contributed by atoms with E-state index in [2.05, 4.69) is 113 Å². The molecule has 0 aliphatic heterocycles. The minimum Gasteiger partial charge on any atom is -0.208 e. The van der Waals surface area contributed by atoms with Crippen LogP contribution < -0.4 is 0 Å². The molecule has 180 valence electrons. The molecule has 38 heavy (non-hydrogen) atoms. The third-order valence-electron chi connectivity index (χ3n) is 6.69. The Hall–Kier alpha value is -4.38. The van der Waals surface area contributed by atoms with E-state index in [4.69, 9.17) is 16.6 Å². The fourth-order valence-electron chi connectivity index (χ4n) is 4.90. The van der Waals surface area contributed by atoms with Gasteiger partial charge >= 0.3 is 0 Å². The molecule has 0 amide bonds. The average molecular weight is 526 g/mol. The van der Waals surface area contributed by atoms with Crippen LogP contribution in [0.25, 0.3) is 65.2 Å². The number of thiophene rings is 1. The number of rotatable bonds is 4. The lowest BCUT2D eigenvalue weighted by atomic mass is 9.94. The van der Waals surface area contributed by atoms with Crippen molar-refractivity contribution < 1.29 is 0 Å². The first kappa shape index (κ1) is 22.8. The summed E-state index contributed by atoms with van der Waals surface area (Å²) in [5.74, 6) is 1.11. The molecular weight excluding hydrogens is 506 g/mol. The first-order chi connectivity index (χ1) is 18.7. The van der Waals surface area contributed by atoms with Crippen molar-refractivity contribution in [3.8, 4) is 45.0 Å². The highest BCUT2D eigenvalue weighted by Crippen LogP contribution is 2.37. The maximum absolute atomic E-state index is 6.44. The average Bonchev–Trinajstić information content (AvgIpc) is 3.35. The van der Waals surface area contributed by atoms with Crippen LogP contribution in [0.5, 0.6) is 0 Å². The zero-order chi connectivity index (χ0) is 25.5. The molecule has 0 saturated heterocycles. The zero-order valence-corrected chi connectivity index (χ0v) is 21.7. The largest absolute Gasteiger partial charge is 0.226 e. The summed E-state index contributed by atoms with van der Waals surface area (Å²) in [6, 6.07) is 41.9. The van der Waals surface area contributed by atoms with Crippen molar-refractivity contribution in [3.63, 3.8) is 0 Å². The van der Waals surface area contributed by atoms with Gasteiger partial charge in [-0.1, -0.05) is 91.0 Å². The number of aromatic nitrogens is 3. The van der Waals surface area contributed by atoms with E-state index in [0.717, 1.165) is 22.3 Å². The Balaban J connectivity index is 1.32. The van der Waals surface area contributed by atoms with Crippen molar-refractivity contribution in [2.75, 3.05) is 0 Å². The van der Waals surface area contributed by atoms with Crippen LogP contribution in [-0.2, 0) is 0 Å². The van der Waals surface area contributed by atoms with E-state index in [-0.39, 0.29) is 5.28 Å².